The van der Waals surface area contributed by atoms with Gasteiger partial charge >= 0.3 is 0 Å². The molecule has 18 heavy (non-hydrogen) atoms. The van der Waals surface area contributed by atoms with E-state index in [9.17, 15) is 0 Å². The minimum absolute atomic E-state index is 0.735. The van der Waals surface area contributed by atoms with Crippen molar-refractivity contribution in [3.63, 3.8) is 0 Å². The van der Waals surface area contributed by atoms with Gasteiger partial charge in [0.15, 0.2) is 0 Å². The molecule has 0 aromatic heterocycles. The third kappa shape index (κ3) is 2.30. The molecule has 2 aromatic carbocycles. The summed E-state index contributed by atoms with van der Waals surface area (Å²) in [5.41, 5.74) is 9.09. The van der Waals surface area contributed by atoms with Crippen molar-refractivity contribution >= 4 is 11.4 Å². The Kier molecular flexibility index (Phi) is 3.12. The highest BCUT2D eigenvalue weighted by Gasteiger charge is 2.15. The van der Waals surface area contributed by atoms with Crippen LogP contribution in [0.1, 0.15) is 0 Å². The van der Waals surface area contributed by atoms with Gasteiger partial charge in [-0.25, -0.2) is 10.9 Å². The summed E-state index contributed by atoms with van der Waals surface area (Å²) in [7, 11) is 0. The third-order valence-electron chi connectivity index (χ3n) is 2.98. The lowest BCUT2D eigenvalue weighted by Gasteiger charge is -2.38. The van der Waals surface area contributed by atoms with E-state index in [1.165, 1.54) is 0 Å². The maximum atomic E-state index is 3.38. The highest BCUT2D eigenvalue weighted by molar-refractivity contribution is 5.48. The molecule has 0 amide bonds. The summed E-state index contributed by atoms with van der Waals surface area (Å²) >= 11 is 0. The number of nitrogens with zero attached hydrogens (tertiary/aromatic N) is 2. The first-order valence-corrected chi connectivity index (χ1v) is 6.06. The molecule has 1 aliphatic heterocycles. The van der Waals surface area contributed by atoms with E-state index >= 15 is 0 Å². The van der Waals surface area contributed by atoms with Crippen LogP contribution in [0.15, 0.2) is 60.7 Å². The zero-order valence-electron chi connectivity index (χ0n) is 10.1. The molecule has 0 unspecified atom stereocenters. The van der Waals surface area contributed by atoms with Gasteiger partial charge in [-0.15, -0.1) is 0 Å². The fourth-order valence-corrected chi connectivity index (χ4v) is 2.00. The van der Waals surface area contributed by atoms with E-state index < -0.39 is 0 Å². The van der Waals surface area contributed by atoms with Crippen molar-refractivity contribution in [1.29, 1.82) is 0 Å². The molecular weight excluding hydrogens is 224 g/mol. The molecule has 2 N–H and O–H groups in total. The van der Waals surface area contributed by atoms with Gasteiger partial charge in [-0.1, -0.05) is 36.4 Å². The molecule has 0 atom stereocenters. The molecule has 3 rings (SSSR count). The molecule has 4 heteroatoms. The molecule has 2 aromatic rings. The highest BCUT2D eigenvalue weighted by Crippen LogP contribution is 2.15. The second kappa shape index (κ2) is 5.08. The van der Waals surface area contributed by atoms with Gasteiger partial charge in [-0.3, -0.25) is 10.0 Å². The molecule has 0 radical (unpaired) electrons. The molecule has 92 valence electrons. The number of benzene rings is 2. The second-order valence-corrected chi connectivity index (χ2v) is 4.16. The number of hydrazine groups is 2. The molecule has 0 bridgehead atoms. The van der Waals surface area contributed by atoms with Crippen LogP contribution in [0.4, 0.5) is 11.4 Å². The van der Waals surface area contributed by atoms with E-state index in [4.69, 9.17) is 0 Å². The van der Waals surface area contributed by atoms with Gasteiger partial charge in [-0.2, -0.15) is 0 Å². The average Bonchev–Trinajstić information content (AvgIpc) is 2.49. The van der Waals surface area contributed by atoms with Crippen LogP contribution < -0.4 is 20.9 Å². The Morgan fingerprint density at radius 2 is 1.00 bits per heavy atom. The van der Waals surface area contributed by atoms with Crippen LogP contribution in [0.3, 0.4) is 0 Å². The largest absolute Gasteiger partial charge is 0.291 e. The van der Waals surface area contributed by atoms with Crippen LogP contribution in [0.5, 0.6) is 0 Å². The molecule has 1 heterocycles. The first-order chi connectivity index (χ1) is 8.93. The lowest BCUT2D eigenvalue weighted by molar-refractivity contribution is 0.456. The number of rotatable bonds is 2. The second-order valence-electron chi connectivity index (χ2n) is 4.16. The lowest BCUT2D eigenvalue weighted by atomic mass is 10.3. The molecular formula is C14H16N4. The maximum absolute atomic E-state index is 3.38. The van der Waals surface area contributed by atoms with E-state index in [0.717, 1.165) is 24.7 Å². The summed E-state index contributed by atoms with van der Waals surface area (Å²) in [5, 5.41) is 4.19. The van der Waals surface area contributed by atoms with Gasteiger partial charge in [0.2, 0.25) is 0 Å². The summed E-state index contributed by atoms with van der Waals surface area (Å²) in [4.78, 5) is 0. The minimum atomic E-state index is 0.735. The number of nitrogens with one attached hydrogen (secondary N) is 2. The zero-order chi connectivity index (χ0) is 12.2. The van der Waals surface area contributed by atoms with Crippen LogP contribution in [0.25, 0.3) is 0 Å². The minimum Gasteiger partial charge on any atom is -0.291 e. The summed E-state index contributed by atoms with van der Waals surface area (Å²) in [5.74, 6) is 0. The lowest BCUT2D eigenvalue weighted by Crippen LogP contribution is -2.61. The van der Waals surface area contributed by atoms with Crippen molar-refractivity contribution in [1.82, 2.24) is 10.9 Å². The first-order valence-electron chi connectivity index (χ1n) is 6.06. The zero-order valence-corrected chi connectivity index (χ0v) is 10.1. The van der Waals surface area contributed by atoms with Crippen LogP contribution in [-0.2, 0) is 0 Å². The molecule has 0 spiro atoms. The fraction of sp³-hybridized carbons (Fsp3) is 0.143. The number of hydrogen-bond donors (Lipinski definition) is 2. The molecule has 1 fully saturated rings. The van der Waals surface area contributed by atoms with Gasteiger partial charge in [0.05, 0.1) is 11.4 Å². The Balaban J connectivity index is 1.65. The van der Waals surface area contributed by atoms with Gasteiger partial charge < -0.3 is 0 Å². The van der Waals surface area contributed by atoms with Gasteiger partial charge in [0.25, 0.3) is 0 Å². The average molecular weight is 240 g/mol. The topological polar surface area (TPSA) is 30.5 Å². The molecule has 4 nitrogen and oxygen atoms in total. The monoisotopic (exact) mass is 240 g/mol. The van der Waals surface area contributed by atoms with Gasteiger partial charge in [0, 0.05) is 0 Å². The summed E-state index contributed by atoms with van der Waals surface area (Å²) in [6, 6.07) is 20.6. The standard InChI is InChI=1S/C14H16N4/c1-3-7-13(8-4-1)17-11-16-18(12-15-17)14-9-5-2-6-10-14/h1-10,15-16H,11-12H2. The van der Waals surface area contributed by atoms with Crippen molar-refractivity contribution in [2.24, 2.45) is 0 Å². The third-order valence-corrected chi connectivity index (χ3v) is 2.98. The van der Waals surface area contributed by atoms with Crippen LogP contribution in [0.2, 0.25) is 0 Å². The van der Waals surface area contributed by atoms with Crippen molar-refractivity contribution in [2.75, 3.05) is 23.4 Å². The normalized spacial score (nSPS) is 15.8. The Morgan fingerprint density at radius 1 is 0.611 bits per heavy atom. The van der Waals surface area contributed by atoms with Crippen molar-refractivity contribution in [3.8, 4) is 0 Å². The fourth-order valence-electron chi connectivity index (χ4n) is 2.00. The Hall–Kier alpha value is -2.04. The highest BCUT2D eigenvalue weighted by atomic mass is 15.7. The van der Waals surface area contributed by atoms with E-state index in [-0.39, 0.29) is 0 Å². The van der Waals surface area contributed by atoms with Gasteiger partial charge in [0.1, 0.15) is 13.3 Å². The Morgan fingerprint density at radius 3 is 1.33 bits per heavy atom. The summed E-state index contributed by atoms with van der Waals surface area (Å²) in [6.45, 7) is 1.47. The number of para-hydroxylation sites is 2. The summed E-state index contributed by atoms with van der Waals surface area (Å²) in [6.07, 6.45) is 0. The maximum Gasteiger partial charge on any atom is 0.101 e. The van der Waals surface area contributed by atoms with Crippen molar-refractivity contribution in [2.45, 2.75) is 0 Å². The van der Waals surface area contributed by atoms with Gasteiger partial charge in [-0.05, 0) is 24.3 Å². The van der Waals surface area contributed by atoms with E-state index in [1.807, 2.05) is 36.4 Å². The van der Waals surface area contributed by atoms with Crippen molar-refractivity contribution in [3.05, 3.63) is 60.7 Å². The predicted octanol–water partition coefficient (Wildman–Crippen LogP) is 1.94. The SMILES string of the molecule is c1ccc(N2CNN(c3ccccc3)CN2)cc1. The van der Waals surface area contributed by atoms with Crippen LogP contribution >= 0.6 is 0 Å². The first kappa shape index (κ1) is 11.1. The Labute approximate surface area is 107 Å². The van der Waals surface area contributed by atoms with Crippen LogP contribution in [0, 0.1) is 0 Å². The van der Waals surface area contributed by atoms with Crippen molar-refractivity contribution < 1.29 is 0 Å². The van der Waals surface area contributed by atoms with E-state index in [2.05, 4.69) is 45.1 Å². The molecule has 1 aliphatic rings. The Bertz CT molecular complexity index is 430. The smallest absolute Gasteiger partial charge is 0.101 e. The molecule has 0 saturated carbocycles. The molecule has 1 saturated heterocycles. The summed E-state index contributed by atoms with van der Waals surface area (Å²) < 4.78 is 0. The van der Waals surface area contributed by atoms with E-state index in [1.54, 1.807) is 0 Å². The molecule has 0 aliphatic carbocycles. The van der Waals surface area contributed by atoms with Crippen LogP contribution in [-0.4, -0.2) is 13.3 Å². The van der Waals surface area contributed by atoms with E-state index in [0.29, 0.717) is 0 Å². The number of anilines is 2. The quantitative estimate of drug-likeness (QED) is 0.840. The number of hydrogen-bond acceptors (Lipinski definition) is 4. The predicted molar refractivity (Wildman–Crippen MR) is 73.8 cm³/mol.